The Balaban J connectivity index is 1.87. The molecule has 2 heterocycles. The number of nitrogens with zero attached hydrogens (tertiary/aromatic N) is 2. The van der Waals surface area contributed by atoms with Crippen LogP contribution in [0, 0.1) is 0 Å². The number of H-pyrrole nitrogens is 1. The summed E-state index contributed by atoms with van der Waals surface area (Å²) in [6.07, 6.45) is -0.614. The first kappa shape index (κ1) is 22.6. The monoisotopic (exact) mass is 453 g/mol. The van der Waals surface area contributed by atoms with Crippen molar-refractivity contribution in [3.05, 3.63) is 59.3 Å². The number of ether oxygens (including phenoxy) is 4. The van der Waals surface area contributed by atoms with E-state index < -0.39 is 12.3 Å². The van der Waals surface area contributed by atoms with Crippen LogP contribution in [0.5, 0.6) is 17.2 Å². The van der Waals surface area contributed by atoms with Gasteiger partial charge in [-0.1, -0.05) is 18.2 Å². The summed E-state index contributed by atoms with van der Waals surface area (Å²) in [6.45, 7) is 2.43. The fourth-order valence-corrected chi connectivity index (χ4v) is 4.10. The van der Waals surface area contributed by atoms with Gasteiger partial charge in [-0.05, 0) is 36.8 Å². The van der Waals surface area contributed by atoms with E-state index in [9.17, 15) is 9.90 Å². The van der Waals surface area contributed by atoms with Crippen molar-refractivity contribution in [2.75, 3.05) is 34.5 Å². The van der Waals surface area contributed by atoms with E-state index in [1.54, 1.807) is 30.2 Å². The molecule has 33 heavy (non-hydrogen) atoms. The molecule has 0 aliphatic carbocycles. The zero-order valence-corrected chi connectivity index (χ0v) is 19.0. The third-order valence-electron chi connectivity index (χ3n) is 5.68. The molecule has 9 nitrogen and oxygen atoms in total. The van der Waals surface area contributed by atoms with E-state index >= 15 is 0 Å². The van der Waals surface area contributed by atoms with E-state index in [-0.39, 0.29) is 18.2 Å². The Morgan fingerprint density at radius 1 is 1.15 bits per heavy atom. The molecule has 4 rings (SSSR count). The molecule has 2 N–H and O–H groups in total. The van der Waals surface area contributed by atoms with Gasteiger partial charge < -0.3 is 29.0 Å². The number of fused-ring (bicyclic) bond motifs is 1. The largest absolute Gasteiger partial charge is 0.504 e. The van der Waals surface area contributed by atoms with Crippen molar-refractivity contribution in [1.82, 2.24) is 15.1 Å². The van der Waals surface area contributed by atoms with Crippen LogP contribution < -0.4 is 9.47 Å². The minimum absolute atomic E-state index is 0.0311. The van der Waals surface area contributed by atoms with Gasteiger partial charge in [-0.2, -0.15) is 5.10 Å². The van der Waals surface area contributed by atoms with Gasteiger partial charge in [-0.15, -0.1) is 0 Å². The number of hydrogen-bond donors (Lipinski definition) is 2. The van der Waals surface area contributed by atoms with Crippen LogP contribution in [0.3, 0.4) is 0 Å². The highest BCUT2D eigenvalue weighted by Crippen LogP contribution is 2.44. The standard InChI is InChI=1S/C24H27N3O6/c1-5-33-18-12-15(9-10-17(18)28)23-20-21(14-7-6-8-16(11-14)30-2)25-26-22(20)24(29)27(23)13-19(31-3)32-4/h6-12,19,23,28H,5,13H2,1-4H3,(H,25,26). The molecule has 1 unspecified atom stereocenters. The van der Waals surface area contributed by atoms with Crippen molar-refractivity contribution in [2.24, 2.45) is 0 Å². The van der Waals surface area contributed by atoms with Crippen molar-refractivity contribution in [3.8, 4) is 28.5 Å². The second-order valence-corrected chi connectivity index (χ2v) is 7.51. The number of aromatic amines is 1. The molecule has 0 spiro atoms. The molecule has 1 aromatic heterocycles. The first-order chi connectivity index (χ1) is 16.0. The molecule has 0 saturated carbocycles. The Morgan fingerprint density at radius 3 is 2.64 bits per heavy atom. The molecular weight excluding hydrogens is 426 g/mol. The molecular formula is C24H27N3O6. The quantitative estimate of drug-likeness (QED) is 0.479. The minimum Gasteiger partial charge on any atom is -0.504 e. The van der Waals surface area contributed by atoms with Crippen LogP contribution >= 0.6 is 0 Å². The molecule has 9 heteroatoms. The molecule has 3 aromatic rings. The Morgan fingerprint density at radius 2 is 1.94 bits per heavy atom. The molecule has 174 valence electrons. The number of aromatic nitrogens is 2. The normalized spacial score (nSPS) is 15.2. The average Bonchev–Trinajstić information content (AvgIpc) is 3.38. The Labute approximate surface area is 191 Å². The number of carbonyl (C=O) groups excluding carboxylic acids is 1. The van der Waals surface area contributed by atoms with E-state index in [4.69, 9.17) is 18.9 Å². The maximum absolute atomic E-state index is 13.4. The molecule has 1 amide bonds. The molecule has 1 atom stereocenters. The van der Waals surface area contributed by atoms with Gasteiger partial charge >= 0.3 is 0 Å². The number of nitrogens with one attached hydrogen (secondary N) is 1. The van der Waals surface area contributed by atoms with Crippen molar-refractivity contribution in [1.29, 1.82) is 0 Å². The topological polar surface area (TPSA) is 106 Å². The van der Waals surface area contributed by atoms with Gasteiger partial charge in [-0.3, -0.25) is 9.89 Å². The first-order valence-electron chi connectivity index (χ1n) is 10.6. The van der Waals surface area contributed by atoms with Crippen molar-refractivity contribution < 1.29 is 28.8 Å². The van der Waals surface area contributed by atoms with Crippen LogP contribution in [0.25, 0.3) is 11.3 Å². The van der Waals surface area contributed by atoms with E-state index in [0.717, 1.165) is 16.7 Å². The number of hydrogen-bond acceptors (Lipinski definition) is 7. The van der Waals surface area contributed by atoms with Gasteiger partial charge in [0.15, 0.2) is 17.8 Å². The molecule has 0 radical (unpaired) electrons. The predicted octanol–water partition coefficient (Wildman–Crippen LogP) is 3.35. The third kappa shape index (κ3) is 4.12. The average molecular weight is 453 g/mol. The van der Waals surface area contributed by atoms with Crippen molar-refractivity contribution >= 4 is 5.91 Å². The van der Waals surface area contributed by atoms with Gasteiger partial charge in [0.05, 0.1) is 32.0 Å². The van der Waals surface area contributed by atoms with Gasteiger partial charge in [-0.25, -0.2) is 0 Å². The summed E-state index contributed by atoms with van der Waals surface area (Å²) in [4.78, 5) is 15.1. The summed E-state index contributed by atoms with van der Waals surface area (Å²) in [5, 5.41) is 17.6. The summed E-state index contributed by atoms with van der Waals surface area (Å²) < 4.78 is 21.7. The summed E-state index contributed by atoms with van der Waals surface area (Å²) in [6, 6.07) is 12.1. The Bertz CT molecular complexity index is 1140. The molecule has 1 aliphatic rings. The summed E-state index contributed by atoms with van der Waals surface area (Å²) in [5.41, 5.74) is 3.34. The van der Waals surface area contributed by atoms with Gasteiger partial charge in [0.1, 0.15) is 11.4 Å². The number of aromatic hydroxyl groups is 1. The van der Waals surface area contributed by atoms with Crippen LogP contribution in [0.4, 0.5) is 0 Å². The minimum atomic E-state index is -0.614. The Kier molecular flexibility index (Phi) is 6.52. The molecule has 2 aromatic carbocycles. The number of phenolic OH excluding ortho intramolecular Hbond substituents is 1. The van der Waals surface area contributed by atoms with Crippen molar-refractivity contribution in [3.63, 3.8) is 0 Å². The maximum atomic E-state index is 13.4. The summed E-state index contributed by atoms with van der Waals surface area (Å²) in [7, 11) is 4.66. The third-order valence-corrected chi connectivity index (χ3v) is 5.68. The number of phenols is 1. The van der Waals surface area contributed by atoms with E-state index in [0.29, 0.717) is 29.5 Å². The van der Waals surface area contributed by atoms with Crippen LogP contribution in [0.1, 0.15) is 34.6 Å². The summed E-state index contributed by atoms with van der Waals surface area (Å²) >= 11 is 0. The van der Waals surface area contributed by atoms with Gasteiger partial charge in [0.2, 0.25) is 0 Å². The lowest BCUT2D eigenvalue weighted by molar-refractivity contribution is -0.113. The fraction of sp³-hybridized carbons (Fsp3) is 0.333. The highest BCUT2D eigenvalue weighted by atomic mass is 16.7. The zero-order chi connectivity index (χ0) is 23.5. The number of amides is 1. The second-order valence-electron chi connectivity index (χ2n) is 7.51. The highest BCUT2D eigenvalue weighted by Gasteiger charge is 2.43. The number of carbonyl (C=O) groups is 1. The first-order valence-corrected chi connectivity index (χ1v) is 10.6. The molecule has 1 aliphatic heterocycles. The molecule has 0 fully saturated rings. The second kappa shape index (κ2) is 9.51. The molecule has 0 saturated heterocycles. The highest BCUT2D eigenvalue weighted by molar-refractivity contribution is 6.00. The predicted molar refractivity (Wildman–Crippen MR) is 121 cm³/mol. The number of methoxy groups -OCH3 is 3. The zero-order valence-electron chi connectivity index (χ0n) is 19.0. The van der Waals surface area contributed by atoms with E-state index in [1.165, 1.54) is 14.2 Å². The lowest BCUT2D eigenvalue weighted by Crippen LogP contribution is -2.38. The lowest BCUT2D eigenvalue weighted by Gasteiger charge is -2.29. The SMILES string of the molecule is CCOc1cc(C2c3c(-c4cccc(OC)c4)n[nH]c3C(=O)N2CC(OC)OC)ccc1O. The van der Waals surface area contributed by atoms with Crippen LogP contribution in [-0.2, 0) is 9.47 Å². The summed E-state index contributed by atoms with van der Waals surface area (Å²) in [5.74, 6) is 0.840. The van der Waals surface area contributed by atoms with E-state index in [1.807, 2.05) is 31.2 Å². The van der Waals surface area contributed by atoms with Crippen LogP contribution in [0.15, 0.2) is 42.5 Å². The smallest absolute Gasteiger partial charge is 0.273 e. The van der Waals surface area contributed by atoms with Gasteiger partial charge in [0, 0.05) is 25.3 Å². The van der Waals surface area contributed by atoms with Crippen LogP contribution in [-0.4, -0.2) is 66.9 Å². The van der Waals surface area contributed by atoms with Crippen molar-refractivity contribution in [2.45, 2.75) is 19.3 Å². The number of rotatable bonds is 9. The van der Waals surface area contributed by atoms with Crippen LogP contribution in [0.2, 0.25) is 0 Å². The fourth-order valence-electron chi connectivity index (χ4n) is 4.10. The lowest BCUT2D eigenvalue weighted by atomic mass is 9.95. The molecule has 0 bridgehead atoms. The maximum Gasteiger partial charge on any atom is 0.273 e. The van der Waals surface area contributed by atoms with E-state index in [2.05, 4.69) is 10.2 Å². The Hall–Kier alpha value is -3.56. The van der Waals surface area contributed by atoms with Gasteiger partial charge in [0.25, 0.3) is 5.91 Å². The number of benzene rings is 2.